The van der Waals surface area contributed by atoms with E-state index in [1.807, 2.05) is 30.5 Å². The van der Waals surface area contributed by atoms with Gasteiger partial charge in [0.15, 0.2) is 0 Å². The van der Waals surface area contributed by atoms with Crippen LogP contribution in [0.2, 0.25) is 5.02 Å². The summed E-state index contributed by atoms with van der Waals surface area (Å²) in [7, 11) is 1.98. The van der Waals surface area contributed by atoms with Gasteiger partial charge in [0, 0.05) is 21.3 Å². The first kappa shape index (κ1) is 14.3. The summed E-state index contributed by atoms with van der Waals surface area (Å²) in [6.45, 7) is 3.14. The molecule has 1 aromatic carbocycles. The van der Waals surface area contributed by atoms with Crippen LogP contribution in [0.1, 0.15) is 18.2 Å². The monoisotopic (exact) mass is 291 g/mol. The molecule has 0 aliphatic heterocycles. The summed E-state index contributed by atoms with van der Waals surface area (Å²) in [5.41, 5.74) is 2.65. The van der Waals surface area contributed by atoms with Gasteiger partial charge in [0.1, 0.15) is 0 Å². The summed E-state index contributed by atoms with van der Waals surface area (Å²) in [6, 6.07) is 12.4. The molecule has 1 N–H and O–H groups in total. The fraction of sp³-hybridized carbons (Fsp3) is 0.250. The molecule has 2 aromatic rings. The second kappa shape index (κ2) is 6.90. The van der Waals surface area contributed by atoms with Crippen molar-refractivity contribution in [3.8, 4) is 10.4 Å². The number of thiophene rings is 1. The molecule has 3 heteroatoms. The Morgan fingerprint density at radius 2 is 1.95 bits per heavy atom. The summed E-state index contributed by atoms with van der Waals surface area (Å²) in [4.78, 5) is 2.58. The molecular weight excluding hydrogens is 274 g/mol. The zero-order valence-corrected chi connectivity index (χ0v) is 12.8. The molecule has 0 bridgehead atoms. The fourth-order valence-electron chi connectivity index (χ4n) is 1.91. The van der Waals surface area contributed by atoms with Crippen LogP contribution in [0.3, 0.4) is 0 Å². The Hall–Kier alpha value is -1.09. The van der Waals surface area contributed by atoms with Gasteiger partial charge >= 0.3 is 0 Å². The van der Waals surface area contributed by atoms with Crippen LogP contribution in [-0.4, -0.2) is 13.6 Å². The number of hydrogen-bond donors (Lipinski definition) is 1. The first-order valence-electron chi connectivity index (χ1n) is 6.42. The van der Waals surface area contributed by atoms with Crippen LogP contribution in [0.5, 0.6) is 0 Å². The average molecular weight is 292 g/mol. The van der Waals surface area contributed by atoms with Gasteiger partial charge in [-0.05, 0) is 49.4 Å². The molecule has 0 amide bonds. The third-order valence-electron chi connectivity index (χ3n) is 2.96. The van der Waals surface area contributed by atoms with Crippen LogP contribution in [0.4, 0.5) is 0 Å². The first-order chi connectivity index (χ1) is 9.22. The van der Waals surface area contributed by atoms with Gasteiger partial charge in [-0.3, -0.25) is 0 Å². The number of hydrogen-bond acceptors (Lipinski definition) is 2. The standard InChI is InChI=1S/C16H18ClNS/c1-3-12(11-18-2)10-15-8-9-16(19-15)13-4-6-14(17)7-5-13/h4-10,18H,3,11H2,1-2H3. The maximum Gasteiger partial charge on any atom is 0.0406 e. The molecule has 0 unspecified atom stereocenters. The van der Waals surface area contributed by atoms with Crippen molar-refractivity contribution in [1.82, 2.24) is 5.32 Å². The molecule has 0 aliphatic carbocycles. The summed E-state index contributed by atoms with van der Waals surface area (Å²) < 4.78 is 0. The number of nitrogens with one attached hydrogen (secondary N) is 1. The lowest BCUT2D eigenvalue weighted by atomic mass is 10.1. The van der Waals surface area contributed by atoms with E-state index in [0.717, 1.165) is 18.0 Å². The molecule has 1 nitrogen and oxygen atoms in total. The summed E-state index contributed by atoms with van der Waals surface area (Å²) in [5.74, 6) is 0. The van der Waals surface area contributed by atoms with Crippen LogP contribution in [0, 0.1) is 0 Å². The lowest BCUT2D eigenvalue weighted by molar-refractivity contribution is 0.851. The molecule has 0 saturated carbocycles. The summed E-state index contributed by atoms with van der Waals surface area (Å²) in [5, 5.41) is 3.99. The molecule has 0 aliphatic rings. The molecular formula is C16H18ClNS. The molecule has 1 aromatic heterocycles. The molecule has 100 valence electrons. The Morgan fingerprint density at radius 3 is 2.58 bits per heavy atom. The van der Waals surface area contributed by atoms with Gasteiger partial charge in [-0.15, -0.1) is 11.3 Å². The SMILES string of the molecule is CCC(=Cc1ccc(-c2ccc(Cl)cc2)s1)CNC. The van der Waals surface area contributed by atoms with E-state index < -0.39 is 0 Å². The third-order valence-corrected chi connectivity index (χ3v) is 4.29. The fourth-order valence-corrected chi connectivity index (χ4v) is 3.04. The van der Waals surface area contributed by atoms with E-state index in [9.17, 15) is 0 Å². The Kier molecular flexibility index (Phi) is 5.20. The molecule has 0 spiro atoms. The molecule has 19 heavy (non-hydrogen) atoms. The molecule has 0 saturated heterocycles. The van der Waals surface area contributed by atoms with E-state index in [-0.39, 0.29) is 0 Å². The van der Waals surface area contributed by atoms with E-state index in [1.54, 1.807) is 0 Å². The van der Waals surface area contributed by atoms with E-state index in [2.05, 4.69) is 42.6 Å². The minimum absolute atomic E-state index is 0.780. The zero-order valence-electron chi connectivity index (χ0n) is 11.2. The van der Waals surface area contributed by atoms with E-state index in [4.69, 9.17) is 11.6 Å². The lowest BCUT2D eigenvalue weighted by Crippen LogP contribution is -2.09. The Balaban J connectivity index is 2.21. The van der Waals surface area contributed by atoms with Gasteiger partial charge < -0.3 is 5.32 Å². The molecule has 1 heterocycles. The first-order valence-corrected chi connectivity index (χ1v) is 7.62. The normalized spacial score (nSPS) is 11.8. The van der Waals surface area contributed by atoms with Gasteiger partial charge in [-0.2, -0.15) is 0 Å². The second-order valence-corrected chi connectivity index (χ2v) is 5.95. The average Bonchev–Trinajstić information content (AvgIpc) is 2.87. The molecule has 0 radical (unpaired) electrons. The number of rotatable bonds is 5. The van der Waals surface area contributed by atoms with Crippen LogP contribution in [-0.2, 0) is 0 Å². The summed E-state index contributed by atoms with van der Waals surface area (Å²) >= 11 is 7.73. The third kappa shape index (κ3) is 3.93. The Bertz CT molecular complexity index is 554. The highest BCUT2D eigenvalue weighted by atomic mass is 35.5. The van der Waals surface area contributed by atoms with Crippen molar-refractivity contribution in [2.24, 2.45) is 0 Å². The van der Waals surface area contributed by atoms with E-state index in [1.165, 1.54) is 20.9 Å². The highest BCUT2D eigenvalue weighted by molar-refractivity contribution is 7.16. The lowest BCUT2D eigenvalue weighted by Gasteiger charge is -2.01. The number of likely N-dealkylation sites (N-methyl/N-ethyl adjacent to an activating group) is 1. The molecule has 0 fully saturated rings. The van der Waals surface area contributed by atoms with Crippen LogP contribution >= 0.6 is 22.9 Å². The van der Waals surface area contributed by atoms with Gasteiger partial charge in [0.25, 0.3) is 0 Å². The second-order valence-electron chi connectivity index (χ2n) is 4.40. The zero-order chi connectivity index (χ0) is 13.7. The number of benzene rings is 1. The predicted octanol–water partition coefficient (Wildman–Crippen LogP) is 5.08. The smallest absolute Gasteiger partial charge is 0.0406 e. The van der Waals surface area contributed by atoms with Gasteiger partial charge in [-0.25, -0.2) is 0 Å². The quantitative estimate of drug-likeness (QED) is 0.810. The van der Waals surface area contributed by atoms with Crippen molar-refractivity contribution < 1.29 is 0 Å². The van der Waals surface area contributed by atoms with Crippen LogP contribution in [0.25, 0.3) is 16.5 Å². The topological polar surface area (TPSA) is 12.0 Å². The number of halogens is 1. The van der Waals surface area contributed by atoms with Crippen molar-refractivity contribution in [1.29, 1.82) is 0 Å². The highest BCUT2D eigenvalue weighted by Crippen LogP contribution is 2.30. The van der Waals surface area contributed by atoms with Crippen molar-refractivity contribution in [2.45, 2.75) is 13.3 Å². The largest absolute Gasteiger partial charge is 0.316 e. The van der Waals surface area contributed by atoms with Crippen molar-refractivity contribution in [2.75, 3.05) is 13.6 Å². The van der Waals surface area contributed by atoms with Gasteiger partial charge in [-0.1, -0.05) is 36.2 Å². The Labute approximate surface area is 123 Å². The van der Waals surface area contributed by atoms with Crippen LogP contribution in [0.15, 0.2) is 42.0 Å². The molecule has 2 rings (SSSR count). The van der Waals surface area contributed by atoms with Crippen molar-refractivity contribution in [3.63, 3.8) is 0 Å². The summed E-state index contributed by atoms with van der Waals surface area (Å²) in [6.07, 6.45) is 3.36. The van der Waals surface area contributed by atoms with Gasteiger partial charge in [0.05, 0.1) is 0 Å². The minimum atomic E-state index is 0.780. The predicted molar refractivity (Wildman–Crippen MR) is 87.0 cm³/mol. The maximum atomic E-state index is 5.91. The molecule has 0 atom stereocenters. The van der Waals surface area contributed by atoms with Crippen molar-refractivity contribution >= 4 is 29.0 Å². The maximum absolute atomic E-state index is 5.91. The van der Waals surface area contributed by atoms with Gasteiger partial charge in [0.2, 0.25) is 0 Å². The van der Waals surface area contributed by atoms with Crippen LogP contribution < -0.4 is 5.32 Å². The Morgan fingerprint density at radius 1 is 1.21 bits per heavy atom. The van der Waals surface area contributed by atoms with E-state index >= 15 is 0 Å². The highest BCUT2D eigenvalue weighted by Gasteiger charge is 2.02. The minimum Gasteiger partial charge on any atom is -0.316 e. The van der Waals surface area contributed by atoms with Crippen molar-refractivity contribution in [3.05, 3.63) is 51.9 Å². The van der Waals surface area contributed by atoms with E-state index in [0.29, 0.717) is 0 Å².